The van der Waals surface area contributed by atoms with Gasteiger partial charge in [-0.3, -0.25) is 0 Å². The lowest BCUT2D eigenvalue weighted by Crippen LogP contribution is -2.16. The van der Waals surface area contributed by atoms with E-state index in [1.165, 1.54) is 82.3 Å². The van der Waals surface area contributed by atoms with Crippen molar-refractivity contribution in [3.63, 3.8) is 0 Å². The van der Waals surface area contributed by atoms with Crippen LogP contribution in [0.25, 0.3) is 76.9 Å². The summed E-state index contributed by atoms with van der Waals surface area (Å²) in [5.41, 5.74) is 15.7. The van der Waals surface area contributed by atoms with Crippen molar-refractivity contribution in [3.8, 4) is 22.5 Å². The third-order valence-electron chi connectivity index (χ3n) is 12.7. The maximum absolute atomic E-state index is 2.50. The number of rotatable bonds is 5. The molecule has 0 amide bonds. The molecule has 0 bridgehead atoms. The minimum absolute atomic E-state index is 0.134. The average molecular weight is 742 g/mol. The molecule has 274 valence electrons. The Balaban J connectivity index is 1.16. The van der Waals surface area contributed by atoms with Gasteiger partial charge in [-0.25, -0.2) is 0 Å². The summed E-state index contributed by atoms with van der Waals surface area (Å²) in [6, 6.07) is 73.7. The maximum atomic E-state index is 2.50. The lowest BCUT2D eigenvalue weighted by molar-refractivity contribution is 0.660. The van der Waals surface area contributed by atoms with Gasteiger partial charge in [0.25, 0.3) is 0 Å². The molecule has 0 aliphatic heterocycles. The Morgan fingerprint density at radius 3 is 1.72 bits per heavy atom. The van der Waals surface area contributed by atoms with E-state index in [1.807, 2.05) is 0 Å². The van der Waals surface area contributed by atoms with E-state index in [1.54, 1.807) is 0 Å². The Bertz CT molecular complexity index is 3380. The summed E-state index contributed by atoms with van der Waals surface area (Å²) in [6.45, 7) is 4.73. The first-order valence-electron chi connectivity index (χ1n) is 20.2. The van der Waals surface area contributed by atoms with Gasteiger partial charge in [0.15, 0.2) is 0 Å². The second-order valence-corrected chi connectivity index (χ2v) is 16.2. The SMILES string of the molecule is CC1(C)c2ccccc2-c2c(N(c3cccc(-n4c5ccccc5c5ccccc54)c3)c3ccc4ccc5c6ccccc6n(-c6ccccc6)c5c4c3)cccc21. The highest BCUT2D eigenvalue weighted by Crippen LogP contribution is 2.54. The second-order valence-electron chi connectivity index (χ2n) is 16.2. The summed E-state index contributed by atoms with van der Waals surface area (Å²) in [6.07, 6.45) is 0. The van der Waals surface area contributed by atoms with E-state index in [-0.39, 0.29) is 5.41 Å². The van der Waals surface area contributed by atoms with Crippen LogP contribution < -0.4 is 4.90 Å². The smallest absolute Gasteiger partial charge is 0.0620 e. The number of benzene rings is 9. The van der Waals surface area contributed by atoms with Gasteiger partial charge in [-0.15, -0.1) is 0 Å². The molecule has 0 atom stereocenters. The summed E-state index contributed by atoms with van der Waals surface area (Å²) < 4.78 is 4.87. The number of hydrogen-bond donors (Lipinski definition) is 0. The number of hydrogen-bond acceptors (Lipinski definition) is 1. The molecule has 0 unspecified atom stereocenters. The fourth-order valence-corrected chi connectivity index (χ4v) is 10.1. The predicted molar refractivity (Wildman–Crippen MR) is 245 cm³/mol. The van der Waals surface area contributed by atoms with Gasteiger partial charge in [-0.1, -0.05) is 147 Å². The van der Waals surface area contributed by atoms with Crippen molar-refractivity contribution in [2.24, 2.45) is 0 Å². The molecule has 0 spiro atoms. The largest absolute Gasteiger partial charge is 0.310 e. The lowest BCUT2D eigenvalue weighted by atomic mass is 9.82. The van der Waals surface area contributed by atoms with Crippen molar-refractivity contribution in [1.82, 2.24) is 9.13 Å². The first kappa shape index (κ1) is 32.8. The number of anilines is 3. The Labute approximate surface area is 337 Å². The molecular formula is C55H39N3. The van der Waals surface area contributed by atoms with Crippen LogP contribution in [0.3, 0.4) is 0 Å². The van der Waals surface area contributed by atoms with Gasteiger partial charge in [0.2, 0.25) is 0 Å². The Morgan fingerprint density at radius 1 is 0.397 bits per heavy atom. The van der Waals surface area contributed by atoms with Crippen molar-refractivity contribution in [2.45, 2.75) is 19.3 Å². The van der Waals surface area contributed by atoms with E-state index in [9.17, 15) is 0 Å². The second kappa shape index (κ2) is 12.3. The molecule has 3 heteroatoms. The third-order valence-corrected chi connectivity index (χ3v) is 12.7. The van der Waals surface area contributed by atoms with Crippen LogP contribution >= 0.6 is 0 Å². The summed E-state index contributed by atoms with van der Waals surface area (Å²) in [5.74, 6) is 0. The van der Waals surface area contributed by atoms with Crippen molar-refractivity contribution in [3.05, 3.63) is 211 Å². The van der Waals surface area contributed by atoms with Crippen LogP contribution in [0.1, 0.15) is 25.0 Å². The molecule has 0 fully saturated rings. The topological polar surface area (TPSA) is 13.1 Å². The van der Waals surface area contributed by atoms with Gasteiger partial charge in [0, 0.05) is 60.7 Å². The molecule has 9 aromatic carbocycles. The van der Waals surface area contributed by atoms with Gasteiger partial charge in [0.1, 0.15) is 0 Å². The van der Waals surface area contributed by atoms with Gasteiger partial charge >= 0.3 is 0 Å². The zero-order valence-electron chi connectivity index (χ0n) is 32.4. The minimum Gasteiger partial charge on any atom is -0.310 e. The highest BCUT2D eigenvalue weighted by atomic mass is 15.1. The quantitative estimate of drug-likeness (QED) is 0.171. The predicted octanol–water partition coefficient (Wildman–Crippen LogP) is 14.8. The number of nitrogens with zero attached hydrogens (tertiary/aromatic N) is 3. The minimum atomic E-state index is -0.134. The molecule has 12 rings (SSSR count). The van der Waals surface area contributed by atoms with E-state index >= 15 is 0 Å². The third kappa shape index (κ3) is 4.62. The molecule has 0 radical (unpaired) electrons. The van der Waals surface area contributed by atoms with Crippen LogP contribution in [0, 0.1) is 0 Å². The Morgan fingerprint density at radius 2 is 0.966 bits per heavy atom. The fourth-order valence-electron chi connectivity index (χ4n) is 10.1. The first-order chi connectivity index (χ1) is 28.6. The summed E-state index contributed by atoms with van der Waals surface area (Å²) >= 11 is 0. The normalized spacial score (nSPS) is 13.1. The number of para-hydroxylation sites is 4. The van der Waals surface area contributed by atoms with Gasteiger partial charge in [0.05, 0.1) is 27.8 Å². The van der Waals surface area contributed by atoms with Crippen molar-refractivity contribution >= 4 is 71.4 Å². The van der Waals surface area contributed by atoms with E-state index < -0.39 is 0 Å². The molecule has 1 aliphatic rings. The molecule has 3 nitrogen and oxygen atoms in total. The molecular weight excluding hydrogens is 703 g/mol. The molecule has 0 saturated carbocycles. The van der Waals surface area contributed by atoms with Crippen molar-refractivity contribution in [1.29, 1.82) is 0 Å². The highest BCUT2D eigenvalue weighted by Gasteiger charge is 2.37. The standard InChI is InChI=1S/C55H39N3/c1-55(2)47-24-10-6-23-45(47)53-48(55)25-15-29-52(53)56(38-18-14-19-39(34-38)57-49-26-11-7-20-41(49)42-21-8-12-27-50(42)57)40-32-30-36-31-33-44-43-22-9-13-28-51(43)58(54(44)46(36)35-40)37-16-4-3-5-17-37/h3-35H,1-2H3. The molecule has 11 aromatic rings. The number of fused-ring (bicyclic) bond motifs is 11. The average Bonchev–Trinajstić information content (AvgIpc) is 3.88. The van der Waals surface area contributed by atoms with Crippen LogP contribution in [0.5, 0.6) is 0 Å². The van der Waals surface area contributed by atoms with Gasteiger partial charge in [-0.2, -0.15) is 0 Å². The summed E-state index contributed by atoms with van der Waals surface area (Å²) in [4.78, 5) is 2.50. The molecule has 2 aromatic heterocycles. The van der Waals surface area contributed by atoms with Crippen LogP contribution in [-0.4, -0.2) is 9.13 Å². The fraction of sp³-hybridized carbons (Fsp3) is 0.0545. The van der Waals surface area contributed by atoms with Crippen molar-refractivity contribution < 1.29 is 0 Å². The number of aromatic nitrogens is 2. The molecule has 58 heavy (non-hydrogen) atoms. The molecule has 1 aliphatic carbocycles. The van der Waals surface area contributed by atoms with E-state index in [0.29, 0.717) is 0 Å². The summed E-state index contributed by atoms with van der Waals surface area (Å²) in [5, 5.41) is 7.44. The van der Waals surface area contributed by atoms with E-state index in [2.05, 4.69) is 228 Å². The highest BCUT2D eigenvalue weighted by molar-refractivity contribution is 6.19. The van der Waals surface area contributed by atoms with Crippen LogP contribution in [0.15, 0.2) is 200 Å². The maximum Gasteiger partial charge on any atom is 0.0620 e. The molecule has 0 N–H and O–H groups in total. The van der Waals surface area contributed by atoms with Gasteiger partial charge < -0.3 is 14.0 Å². The Hall–Kier alpha value is -7.36. The lowest BCUT2D eigenvalue weighted by Gasteiger charge is -2.29. The zero-order chi connectivity index (χ0) is 38.5. The monoisotopic (exact) mass is 741 g/mol. The van der Waals surface area contributed by atoms with E-state index in [0.717, 1.165) is 22.7 Å². The van der Waals surface area contributed by atoms with Gasteiger partial charge in [-0.05, 0) is 88.8 Å². The first-order valence-corrected chi connectivity index (χ1v) is 20.2. The zero-order valence-corrected chi connectivity index (χ0v) is 32.4. The molecule has 0 saturated heterocycles. The van der Waals surface area contributed by atoms with Crippen LogP contribution in [-0.2, 0) is 5.41 Å². The van der Waals surface area contributed by atoms with Crippen LogP contribution in [0.4, 0.5) is 17.1 Å². The Kier molecular flexibility index (Phi) is 6.98. The van der Waals surface area contributed by atoms with E-state index in [4.69, 9.17) is 0 Å². The molecule has 2 heterocycles. The van der Waals surface area contributed by atoms with Crippen LogP contribution in [0.2, 0.25) is 0 Å². The van der Waals surface area contributed by atoms with Crippen molar-refractivity contribution in [2.75, 3.05) is 4.90 Å². The summed E-state index contributed by atoms with van der Waals surface area (Å²) in [7, 11) is 0.